The minimum absolute atomic E-state index is 0.103. The average Bonchev–Trinajstić information content (AvgIpc) is 3.30. The zero-order valence-electron chi connectivity index (χ0n) is 12.5. The van der Waals surface area contributed by atoms with Gasteiger partial charge in [0.15, 0.2) is 0 Å². The molecule has 0 aliphatic carbocycles. The molecule has 5 heteroatoms. The van der Waals surface area contributed by atoms with Crippen molar-refractivity contribution in [2.45, 2.75) is 12.8 Å². The van der Waals surface area contributed by atoms with E-state index in [2.05, 4.69) is 10.4 Å². The highest BCUT2D eigenvalue weighted by Crippen LogP contribution is 2.36. The van der Waals surface area contributed by atoms with Gasteiger partial charge in [-0.2, -0.15) is 5.10 Å². The largest absolute Gasteiger partial charge is 0.338 e. The summed E-state index contributed by atoms with van der Waals surface area (Å²) in [5.41, 5.74) is 1.96. The van der Waals surface area contributed by atoms with Crippen LogP contribution >= 0.6 is 0 Å². The van der Waals surface area contributed by atoms with Crippen LogP contribution in [0.25, 0.3) is 5.69 Å². The number of benzene rings is 1. The summed E-state index contributed by atoms with van der Waals surface area (Å²) >= 11 is 0. The molecule has 0 bridgehead atoms. The molecule has 1 amide bonds. The summed E-state index contributed by atoms with van der Waals surface area (Å²) in [6.07, 6.45) is 5.79. The molecule has 2 fully saturated rings. The summed E-state index contributed by atoms with van der Waals surface area (Å²) < 4.78 is 1.76. The van der Waals surface area contributed by atoms with Gasteiger partial charge in [0.05, 0.1) is 17.4 Å². The third-order valence-electron chi connectivity index (χ3n) is 4.91. The summed E-state index contributed by atoms with van der Waals surface area (Å²) in [5.74, 6) is 0.103. The van der Waals surface area contributed by atoms with Crippen LogP contribution in [0.5, 0.6) is 0 Å². The number of carbonyl (C=O) groups is 1. The van der Waals surface area contributed by atoms with Crippen molar-refractivity contribution < 1.29 is 4.79 Å². The van der Waals surface area contributed by atoms with Crippen molar-refractivity contribution in [3.8, 4) is 5.69 Å². The van der Waals surface area contributed by atoms with Crippen molar-refractivity contribution in [2.24, 2.45) is 5.41 Å². The number of para-hydroxylation sites is 1. The van der Waals surface area contributed by atoms with Crippen molar-refractivity contribution in [1.82, 2.24) is 20.0 Å². The third kappa shape index (κ3) is 2.31. The first-order valence-electron chi connectivity index (χ1n) is 7.86. The summed E-state index contributed by atoms with van der Waals surface area (Å²) in [7, 11) is 0. The number of hydrogen-bond donors (Lipinski definition) is 1. The van der Waals surface area contributed by atoms with Gasteiger partial charge in [-0.1, -0.05) is 18.2 Å². The molecule has 4 rings (SSSR count). The van der Waals surface area contributed by atoms with Crippen LogP contribution < -0.4 is 5.32 Å². The maximum Gasteiger partial charge on any atom is 0.257 e. The second kappa shape index (κ2) is 5.25. The lowest BCUT2D eigenvalue weighted by Gasteiger charge is -2.22. The van der Waals surface area contributed by atoms with E-state index >= 15 is 0 Å². The molecule has 1 aromatic heterocycles. The number of rotatable bonds is 2. The van der Waals surface area contributed by atoms with Gasteiger partial charge in [-0.15, -0.1) is 0 Å². The number of nitrogens with zero attached hydrogens (tertiary/aromatic N) is 3. The van der Waals surface area contributed by atoms with Crippen LogP contribution in [0.15, 0.2) is 42.7 Å². The second-order valence-electron chi connectivity index (χ2n) is 6.41. The second-order valence-corrected chi connectivity index (χ2v) is 6.41. The molecular formula is C17H20N4O. The van der Waals surface area contributed by atoms with Crippen molar-refractivity contribution in [3.05, 3.63) is 48.3 Å². The maximum absolute atomic E-state index is 12.7. The highest BCUT2D eigenvalue weighted by atomic mass is 16.2. The lowest BCUT2D eigenvalue weighted by Crippen LogP contribution is -2.33. The predicted molar refractivity (Wildman–Crippen MR) is 84.0 cm³/mol. The van der Waals surface area contributed by atoms with Gasteiger partial charge in [-0.3, -0.25) is 4.79 Å². The molecule has 1 N–H and O–H groups in total. The molecule has 2 saturated heterocycles. The zero-order valence-corrected chi connectivity index (χ0v) is 12.5. The fourth-order valence-corrected chi connectivity index (χ4v) is 3.59. The number of nitrogens with one attached hydrogen (secondary N) is 1. The van der Waals surface area contributed by atoms with E-state index in [0.717, 1.165) is 38.3 Å². The maximum atomic E-state index is 12.7. The molecule has 1 spiro atoms. The van der Waals surface area contributed by atoms with Crippen LogP contribution in [-0.4, -0.2) is 46.8 Å². The molecule has 114 valence electrons. The quantitative estimate of drug-likeness (QED) is 0.917. The Bertz CT molecular complexity index is 673. The van der Waals surface area contributed by atoms with Gasteiger partial charge in [-0.25, -0.2) is 4.68 Å². The zero-order chi connectivity index (χ0) is 15.0. The van der Waals surface area contributed by atoms with Crippen LogP contribution in [0.1, 0.15) is 23.2 Å². The van der Waals surface area contributed by atoms with Gasteiger partial charge in [0.1, 0.15) is 0 Å². The predicted octanol–water partition coefficient (Wildman–Crippen LogP) is 1.70. The number of carbonyl (C=O) groups excluding carboxylic acids is 1. The van der Waals surface area contributed by atoms with Crippen LogP contribution in [-0.2, 0) is 0 Å². The minimum Gasteiger partial charge on any atom is -0.338 e. The molecule has 2 aliphatic heterocycles. The van der Waals surface area contributed by atoms with Gasteiger partial charge in [0, 0.05) is 31.2 Å². The Hall–Kier alpha value is -2.14. The lowest BCUT2D eigenvalue weighted by atomic mass is 9.86. The van der Waals surface area contributed by atoms with Crippen molar-refractivity contribution in [3.63, 3.8) is 0 Å². The standard InChI is InChI=1S/C17H20N4O/c22-16(20-9-7-17(13-20)6-8-18-12-17)14-10-19-21(11-14)15-4-2-1-3-5-15/h1-5,10-11,18H,6-9,12-13H2. The molecule has 22 heavy (non-hydrogen) atoms. The van der Waals surface area contributed by atoms with Gasteiger partial charge >= 0.3 is 0 Å². The molecule has 5 nitrogen and oxygen atoms in total. The smallest absolute Gasteiger partial charge is 0.257 e. The topological polar surface area (TPSA) is 50.2 Å². The SMILES string of the molecule is O=C(c1cnn(-c2ccccc2)c1)N1CCC2(CCNC2)C1. The van der Waals surface area contributed by atoms with E-state index in [1.165, 1.54) is 6.42 Å². The molecule has 2 aromatic rings. The van der Waals surface area contributed by atoms with Gasteiger partial charge < -0.3 is 10.2 Å². The first-order valence-corrected chi connectivity index (χ1v) is 7.86. The van der Waals surface area contributed by atoms with Crippen LogP contribution in [0, 0.1) is 5.41 Å². The number of likely N-dealkylation sites (tertiary alicyclic amines) is 1. The summed E-state index contributed by atoms with van der Waals surface area (Å²) in [5, 5.41) is 7.75. The van der Waals surface area contributed by atoms with Crippen molar-refractivity contribution >= 4 is 5.91 Å². The van der Waals surface area contributed by atoms with E-state index in [4.69, 9.17) is 0 Å². The molecule has 0 saturated carbocycles. The Morgan fingerprint density at radius 1 is 1.23 bits per heavy atom. The van der Waals surface area contributed by atoms with E-state index in [-0.39, 0.29) is 5.91 Å². The highest BCUT2D eigenvalue weighted by molar-refractivity contribution is 5.94. The first kappa shape index (κ1) is 13.5. The molecule has 3 heterocycles. The average molecular weight is 296 g/mol. The molecule has 1 unspecified atom stereocenters. The Labute approximate surface area is 129 Å². The van der Waals surface area contributed by atoms with Crippen molar-refractivity contribution in [1.29, 1.82) is 0 Å². The fourth-order valence-electron chi connectivity index (χ4n) is 3.59. The number of amides is 1. The van der Waals surface area contributed by atoms with E-state index < -0.39 is 0 Å². The Kier molecular flexibility index (Phi) is 3.22. The Morgan fingerprint density at radius 2 is 2.09 bits per heavy atom. The van der Waals surface area contributed by atoms with E-state index in [1.54, 1.807) is 10.9 Å². The van der Waals surface area contributed by atoms with Gasteiger partial charge in [-0.05, 0) is 31.5 Å². The summed E-state index contributed by atoms with van der Waals surface area (Å²) in [6, 6.07) is 9.87. The highest BCUT2D eigenvalue weighted by Gasteiger charge is 2.42. The number of hydrogen-bond acceptors (Lipinski definition) is 3. The summed E-state index contributed by atoms with van der Waals surface area (Å²) in [4.78, 5) is 14.7. The van der Waals surface area contributed by atoms with Crippen molar-refractivity contribution in [2.75, 3.05) is 26.2 Å². The van der Waals surface area contributed by atoms with Crippen LogP contribution in [0.3, 0.4) is 0 Å². The van der Waals surface area contributed by atoms with Gasteiger partial charge in [0.2, 0.25) is 0 Å². The number of aromatic nitrogens is 2. The molecule has 2 aliphatic rings. The molecule has 0 radical (unpaired) electrons. The Morgan fingerprint density at radius 3 is 2.86 bits per heavy atom. The summed E-state index contributed by atoms with van der Waals surface area (Å²) in [6.45, 7) is 3.85. The Balaban J connectivity index is 1.51. The molecule has 1 atom stereocenters. The van der Waals surface area contributed by atoms with Crippen LogP contribution in [0.2, 0.25) is 0 Å². The van der Waals surface area contributed by atoms with E-state index in [0.29, 0.717) is 11.0 Å². The normalized spacial score (nSPS) is 24.3. The minimum atomic E-state index is 0.103. The molecule has 1 aromatic carbocycles. The van der Waals surface area contributed by atoms with E-state index in [9.17, 15) is 4.79 Å². The lowest BCUT2D eigenvalue weighted by molar-refractivity contribution is 0.0775. The van der Waals surface area contributed by atoms with E-state index in [1.807, 2.05) is 41.4 Å². The third-order valence-corrected chi connectivity index (χ3v) is 4.91. The van der Waals surface area contributed by atoms with Gasteiger partial charge in [0.25, 0.3) is 5.91 Å². The monoisotopic (exact) mass is 296 g/mol. The fraction of sp³-hybridized carbons (Fsp3) is 0.412. The van der Waals surface area contributed by atoms with Crippen LogP contribution in [0.4, 0.5) is 0 Å². The molecular weight excluding hydrogens is 276 g/mol. The first-order chi connectivity index (χ1) is 10.8.